The highest BCUT2D eigenvalue weighted by Gasteiger charge is 2.24. The first-order valence-electron chi connectivity index (χ1n) is 10.4. The van der Waals surface area contributed by atoms with Gasteiger partial charge in [-0.3, -0.25) is 0 Å². The standard InChI is InChI=1S/C22H23ClFN5O3/c1-13-3-2-4-17(24)19(13)29-10-15(9-27-29)18-20(21(23)26-12-25-18)32-11-14-5-7-16(8-6-14)28-22(30)31/h2-4,9-10,12,14,16,28H,5-8,11H2,1H3,(H,30,31). The molecule has 0 radical (unpaired) electrons. The average molecular weight is 460 g/mol. The fraction of sp³-hybridized carbons (Fsp3) is 0.364. The third-order valence-electron chi connectivity index (χ3n) is 5.67. The van der Waals surface area contributed by atoms with Gasteiger partial charge in [0.15, 0.2) is 10.9 Å². The van der Waals surface area contributed by atoms with E-state index in [0.29, 0.717) is 29.3 Å². The minimum absolute atomic E-state index is 0.0179. The van der Waals surface area contributed by atoms with Gasteiger partial charge >= 0.3 is 6.09 Å². The van der Waals surface area contributed by atoms with Crippen LogP contribution >= 0.6 is 11.6 Å². The zero-order valence-corrected chi connectivity index (χ0v) is 18.2. The molecule has 0 atom stereocenters. The highest BCUT2D eigenvalue weighted by atomic mass is 35.5. The number of nitrogens with zero attached hydrogens (tertiary/aromatic N) is 4. The van der Waals surface area contributed by atoms with Crippen LogP contribution in [0.15, 0.2) is 36.9 Å². The maximum atomic E-state index is 14.3. The Morgan fingerprint density at radius 2 is 2.09 bits per heavy atom. The van der Waals surface area contributed by atoms with Crippen LogP contribution in [0.5, 0.6) is 5.75 Å². The van der Waals surface area contributed by atoms with Crippen LogP contribution in [0.2, 0.25) is 5.15 Å². The van der Waals surface area contributed by atoms with Gasteiger partial charge in [0, 0.05) is 17.8 Å². The molecule has 168 valence electrons. The molecule has 2 aromatic heterocycles. The quantitative estimate of drug-likeness (QED) is 0.521. The van der Waals surface area contributed by atoms with Gasteiger partial charge in [0.1, 0.15) is 23.5 Å². The number of ether oxygens (including phenoxy) is 1. The molecule has 0 bridgehead atoms. The van der Waals surface area contributed by atoms with Crippen LogP contribution in [0.1, 0.15) is 31.2 Å². The SMILES string of the molecule is Cc1cccc(F)c1-n1cc(-c2ncnc(Cl)c2OCC2CCC(NC(=O)O)CC2)cn1. The van der Waals surface area contributed by atoms with Gasteiger partial charge in [0.25, 0.3) is 0 Å². The molecule has 0 unspecified atom stereocenters. The van der Waals surface area contributed by atoms with Gasteiger partial charge in [-0.05, 0) is 50.2 Å². The number of rotatable bonds is 6. The highest BCUT2D eigenvalue weighted by molar-refractivity contribution is 6.31. The van der Waals surface area contributed by atoms with Gasteiger partial charge in [-0.25, -0.2) is 23.8 Å². The van der Waals surface area contributed by atoms with E-state index in [1.54, 1.807) is 18.5 Å². The van der Waals surface area contributed by atoms with Crippen molar-refractivity contribution in [3.63, 3.8) is 0 Å². The molecule has 4 rings (SSSR count). The Kier molecular flexibility index (Phi) is 6.55. The molecular formula is C22H23ClFN5O3. The Morgan fingerprint density at radius 3 is 2.81 bits per heavy atom. The fourth-order valence-corrected chi connectivity index (χ4v) is 4.20. The largest absolute Gasteiger partial charge is 0.488 e. The molecule has 1 amide bonds. The first-order valence-corrected chi connectivity index (χ1v) is 10.7. The molecule has 1 aliphatic rings. The summed E-state index contributed by atoms with van der Waals surface area (Å²) in [6, 6.07) is 4.84. The topological polar surface area (TPSA) is 102 Å². The molecule has 0 spiro atoms. The number of benzene rings is 1. The second-order valence-corrected chi connectivity index (χ2v) is 8.26. The molecular weight excluding hydrogens is 437 g/mol. The lowest BCUT2D eigenvalue weighted by atomic mass is 9.86. The molecule has 0 aliphatic heterocycles. The normalized spacial score (nSPS) is 18.3. The number of para-hydroxylation sites is 1. The second kappa shape index (κ2) is 9.52. The Morgan fingerprint density at radius 1 is 1.31 bits per heavy atom. The number of hydrogen-bond donors (Lipinski definition) is 2. The predicted molar refractivity (Wildman–Crippen MR) is 117 cm³/mol. The maximum absolute atomic E-state index is 14.3. The summed E-state index contributed by atoms with van der Waals surface area (Å²) in [6.45, 7) is 2.23. The summed E-state index contributed by atoms with van der Waals surface area (Å²) in [5.41, 5.74) is 2.23. The highest BCUT2D eigenvalue weighted by Crippen LogP contribution is 2.35. The molecule has 8 nitrogen and oxygen atoms in total. The zero-order valence-electron chi connectivity index (χ0n) is 17.5. The molecule has 1 aromatic carbocycles. The Bertz CT molecular complexity index is 1090. The van der Waals surface area contributed by atoms with E-state index in [1.165, 1.54) is 17.1 Å². The number of carboxylic acid groups (broad SMARTS) is 1. The van der Waals surface area contributed by atoms with Crippen LogP contribution in [0.4, 0.5) is 9.18 Å². The van der Waals surface area contributed by atoms with Crippen LogP contribution in [-0.4, -0.2) is 43.6 Å². The number of nitrogens with one attached hydrogen (secondary N) is 1. The maximum Gasteiger partial charge on any atom is 0.404 e. The van der Waals surface area contributed by atoms with Crippen molar-refractivity contribution in [2.24, 2.45) is 5.92 Å². The monoisotopic (exact) mass is 459 g/mol. The number of carbonyl (C=O) groups is 1. The van der Waals surface area contributed by atoms with E-state index in [-0.39, 0.29) is 22.9 Å². The summed E-state index contributed by atoms with van der Waals surface area (Å²) in [6.07, 6.45) is 6.83. The van der Waals surface area contributed by atoms with Crippen molar-refractivity contribution in [2.75, 3.05) is 6.61 Å². The predicted octanol–water partition coefficient (Wildman–Crippen LogP) is 4.64. The van der Waals surface area contributed by atoms with Crippen molar-refractivity contribution in [3.05, 3.63) is 53.5 Å². The van der Waals surface area contributed by atoms with Gasteiger partial charge in [-0.2, -0.15) is 5.10 Å². The van der Waals surface area contributed by atoms with E-state index >= 15 is 0 Å². The number of aromatic nitrogens is 4. The lowest BCUT2D eigenvalue weighted by Gasteiger charge is -2.28. The third kappa shape index (κ3) is 4.83. The molecule has 3 aromatic rings. The van der Waals surface area contributed by atoms with Gasteiger partial charge in [-0.15, -0.1) is 0 Å². The summed E-state index contributed by atoms with van der Waals surface area (Å²) in [7, 11) is 0. The van der Waals surface area contributed by atoms with Gasteiger partial charge in [-0.1, -0.05) is 23.7 Å². The molecule has 0 saturated heterocycles. The average Bonchev–Trinajstić information content (AvgIpc) is 3.23. The number of hydrogen-bond acceptors (Lipinski definition) is 5. The molecule has 1 fully saturated rings. The number of halogens is 2. The zero-order chi connectivity index (χ0) is 22.7. The van der Waals surface area contributed by atoms with Crippen molar-refractivity contribution in [1.82, 2.24) is 25.1 Å². The lowest BCUT2D eigenvalue weighted by molar-refractivity contribution is 0.169. The van der Waals surface area contributed by atoms with Crippen LogP contribution < -0.4 is 10.1 Å². The van der Waals surface area contributed by atoms with Crippen molar-refractivity contribution < 1.29 is 19.0 Å². The summed E-state index contributed by atoms with van der Waals surface area (Å²) in [5.74, 6) is 0.254. The molecule has 32 heavy (non-hydrogen) atoms. The summed E-state index contributed by atoms with van der Waals surface area (Å²) < 4.78 is 21.9. The lowest BCUT2D eigenvalue weighted by Crippen LogP contribution is -2.37. The molecule has 10 heteroatoms. The van der Waals surface area contributed by atoms with Gasteiger partial charge in [0.2, 0.25) is 0 Å². The van der Waals surface area contributed by atoms with E-state index in [4.69, 9.17) is 21.4 Å². The number of amides is 1. The smallest absolute Gasteiger partial charge is 0.404 e. The van der Waals surface area contributed by atoms with Gasteiger partial charge < -0.3 is 15.2 Å². The molecule has 1 saturated carbocycles. The first kappa shape index (κ1) is 22.0. The second-order valence-electron chi connectivity index (χ2n) is 7.90. The molecule has 2 heterocycles. The van der Waals surface area contributed by atoms with Crippen molar-refractivity contribution in [2.45, 2.75) is 38.6 Å². The summed E-state index contributed by atoms with van der Waals surface area (Å²) in [5, 5.41) is 15.9. The van der Waals surface area contributed by atoms with Crippen molar-refractivity contribution in [1.29, 1.82) is 0 Å². The van der Waals surface area contributed by atoms with E-state index in [0.717, 1.165) is 31.2 Å². The van der Waals surface area contributed by atoms with E-state index in [1.807, 2.05) is 13.0 Å². The van der Waals surface area contributed by atoms with Crippen molar-refractivity contribution >= 4 is 17.7 Å². The minimum Gasteiger partial charge on any atom is -0.488 e. The summed E-state index contributed by atoms with van der Waals surface area (Å²) >= 11 is 6.31. The van der Waals surface area contributed by atoms with Gasteiger partial charge in [0.05, 0.1) is 12.8 Å². The minimum atomic E-state index is -0.992. The Balaban J connectivity index is 1.50. The summed E-state index contributed by atoms with van der Waals surface area (Å²) in [4.78, 5) is 19.2. The molecule has 2 N–H and O–H groups in total. The van der Waals surface area contributed by atoms with Crippen molar-refractivity contribution in [3.8, 4) is 22.7 Å². The van der Waals surface area contributed by atoms with E-state index < -0.39 is 6.09 Å². The van der Waals surface area contributed by atoms with Crippen LogP contribution in [0, 0.1) is 18.7 Å². The Labute approximate surface area is 189 Å². The number of aryl methyl sites for hydroxylation is 1. The van der Waals surface area contributed by atoms with Crippen LogP contribution in [-0.2, 0) is 0 Å². The Hall–Kier alpha value is -3.20. The molecule has 1 aliphatic carbocycles. The third-order valence-corrected chi connectivity index (χ3v) is 5.94. The van der Waals surface area contributed by atoms with E-state index in [2.05, 4.69) is 20.4 Å². The first-order chi connectivity index (χ1) is 15.4. The van der Waals surface area contributed by atoms with Crippen LogP contribution in [0.25, 0.3) is 16.9 Å². The fourth-order valence-electron chi connectivity index (χ4n) is 4.02. The van der Waals surface area contributed by atoms with E-state index in [9.17, 15) is 9.18 Å². The van der Waals surface area contributed by atoms with Crippen LogP contribution in [0.3, 0.4) is 0 Å².